The van der Waals surface area contributed by atoms with Crippen molar-refractivity contribution in [2.24, 2.45) is 0 Å². The molecule has 0 bridgehead atoms. The summed E-state index contributed by atoms with van der Waals surface area (Å²) in [6.45, 7) is 5.11. The molecule has 1 aromatic carbocycles. The molecule has 0 radical (unpaired) electrons. The number of sulfonamides is 1. The highest BCUT2D eigenvalue weighted by Crippen LogP contribution is 2.21. The Kier molecular flexibility index (Phi) is 4.25. The summed E-state index contributed by atoms with van der Waals surface area (Å²) in [6.07, 6.45) is 2.10. The first-order chi connectivity index (χ1) is 7.88. The number of hydrogen-bond donors (Lipinski definition) is 2. The minimum Gasteiger partial charge on any atom is -0.399 e. The fraction of sp³-hybridized carbons (Fsp3) is 0.273. The van der Waals surface area contributed by atoms with Crippen LogP contribution < -0.4 is 10.5 Å². The van der Waals surface area contributed by atoms with Gasteiger partial charge in [0.2, 0.25) is 10.0 Å². The number of halogens is 1. The van der Waals surface area contributed by atoms with E-state index in [9.17, 15) is 12.8 Å². The molecule has 0 fully saturated rings. The highest BCUT2D eigenvalue weighted by Gasteiger charge is 2.19. The van der Waals surface area contributed by atoms with E-state index >= 15 is 0 Å². The number of hydrogen-bond acceptors (Lipinski definition) is 3. The van der Waals surface area contributed by atoms with E-state index in [1.165, 1.54) is 13.0 Å². The van der Waals surface area contributed by atoms with Crippen LogP contribution >= 0.6 is 0 Å². The largest absolute Gasteiger partial charge is 0.399 e. The van der Waals surface area contributed by atoms with Crippen LogP contribution in [0.15, 0.2) is 29.7 Å². The lowest BCUT2D eigenvalue weighted by Crippen LogP contribution is -2.25. The number of nitrogens with two attached hydrogens (primary N) is 1. The second-order valence-electron chi connectivity index (χ2n) is 3.60. The van der Waals surface area contributed by atoms with Crippen molar-refractivity contribution in [2.75, 3.05) is 12.3 Å². The van der Waals surface area contributed by atoms with Gasteiger partial charge in [-0.1, -0.05) is 6.08 Å². The number of rotatable bonds is 5. The maximum Gasteiger partial charge on any atom is 0.241 e. The Morgan fingerprint density at radius 1 is 1.53 bits per heavy atom. The van der Waals surface area contributed by atoms with Gasteiger partial charge in [0, 0.05) is 17.8 Å². The first-order valence-electron chi connectivity index (χ1n) is 5.04. The van der Waals surface area contributed by atoms with Crippen LogP contribution in [0.25, 0.3) is 0 Å². The topological polar surface area (TPSA) is 72.2 Å². The minimum atomic E-state index is -3.73. The number of anilines is 1. The molecule has 0 aliphatic heterocycles. The lowest BCUT2D eigenvalue weighted by atomic mass is 10.2. The smallest absolute Gasteiger partial charge is 0.241 e. The Balaban J connectivity index is 3.10. The Hall–Kier alpha value is -1.40. The van der Waals surface area contributed by atoms with Gasteiger partial charge in [0.25, 0.3) is 0 Å². The molecule has 0 amide bonds. The average molecular weight is 258 g/mol. The third-order valence-electron chi connectivity index (χ3n) is 2.25. The first kappa shape index (κ1) is 13.7. The molecule has 0 spiro atoms. The summed E-state index contributed by atoms with van der Waals surface area (Å²) in [6, 6.07) is 2.34. The Morgan fingerprint density at radius 3 is 2.76 bits per heavy atom. The standard InChI is InChI=1S/C11H15FN2O2S/c1-3-4-5-14-17(15,16)11-7-9(13)6-10(12)8(11)2/h3,6-7,14H,1,4-5,13H2,2H3. The van der Waals surface area contributed by atoms with E-state index in [-0.39, 0.29) is 22.7 Å². The Bertz CT molecular complexity index is 527. The van der Waals surface area contributed by atoms with Gasteiger partial charge in [-0.25, -0.2) is 17.5 Å². The number of nitrogens with one attached hydrogen (secondary N) is 1. The molecule has 0 aliphatic rings. The van der Waals surface area contributed by atoms with Gasteiger partial charge in [-0.3, -0.25) is 0 Å². The molecule has 1 rings (SSSR count). The molecule has 17 heavy (non-hydrogen) atoms. The van der Waals surface area contributed by atoms with Crippen molar-refractivity contribution in [3.8, 4) is 0 Å². The van der Waals surface area contributed by atoms with E-state index in [4.69, 9.17) is 5.73 Å². The van der Waals surface area contributed by atoms with E-state index in [1.807, 2.05) is 0 Å². The molecule has 0 saturated carbocycles. The van der Waals surface area contributed by atoms with Crippen molar-refractivity contribution in [1.82, 2.24) is 4.72 Å². The van der Waals surface area contributed by atoms with Gasteiger partial charge >= 0.3 is 0 Å². The van der Waals surface area contributed by atoms with E-state index in [1.54, 1.807) is 6.08 Å². The van der Waals surface area contributed by atoms with Crippen molar-refractivity contribution in [2.45, 2.75) is 18.2 Å². The lowest BCUT2D eigenvalue weighted by Gasteiger charge is -2.10. The lowest BCUT2D eigenvalue weighted by molar-refractivity contribution is 0.575. The van der Waals surface area contributed by atoms with E-state index in [0.29, 0.717) is 6.42 Å². The maximum absolute atomic E-state index is 13.4. The summed E-state index contributed by atoms with van der Waals surface area (Å²) in [5, 5.41) is 0. The van der Waals surface area contributed by atoms with Crippen LogP contribution in [0.2, 0.25) is 0 Å². The third kappa shape index (κ3) is 3.28. The second-order valence-corrected chi connectivity index (χ2v) is 5.34. The van der Waals surface area contributed by atoms with Gasteiger partial charge in [-0.05, 0) is 25.5 Å². The summed E-state index contributed by atoms with van der Waals surface area (Å²) in [4.78, 5) is -0.126. The maximum atomic E-state index is 13.4. The van der Waals surface area contributed by atoms with Crippen molar-refractivity contribution in [1.29, 1.82) is 0 Å². The molecule has 0 heterocycles. The monoisotopic (exact) mass is 258 g/mol. The number of benzene rings is 1. The predicted octanol–water partition coefficient (Wildman–Crippen LogP) is 1.57. The summed E-state index contributed by atoms with van der Waals surface area (Å²) >= 11 is 0. The molecule has 6 heteroatoms. The predicted molar refractivity (Wildman–Crippen MR) is 65.6 cm³/mol. The minimum absolute atomic E-state index is 0.0605. The number of nitrogen functional groups attached to an aromatic ring is 1. The summed E-state index contributed by atoms with van der Waals surface area (Å²) in [5.74, 6) is -0.630. The zero-order chi connectivity index (χ0) is 13.1. The zero-order valence-electron chi connectivity index (χ0n) is 9.53. The molecule has 4 nitrogen and oxygen atoms in total. The van der Waals surface area contributed by atoms with Crippen molar-refractivity contribution in [3.63, 3.8) is 0 Å². The molecule has 0 unspecified atom stereocenters. The summed E-state index contributed by atoms with van der Waals surface area (Å²) < 4.78 is 39.4. The van der Waals surface area contributed by atoms with Gasteiger partial charge in [0.05, 0.1) is 4.90 Å². The van der Waals surface area contributed by atoms with E-state index < -0.39 is 15.8 Å². The SMILES string of the molecule is C=CCCNS(=O)(=O)c1cc(N)cc(F)c1C. The zero-order valence-corrected chi connectivity index (χ0v) is 10.3. The van der Waals surface area contributed by atoms with Gasteiger partial charge in [-0.2, -0.15) is 0 Å². The van der Waals surface area contributed by atoms with Crippen molar-refractivity contribution >= 4 is 15.7 Å². The molecule has 94 valence electrons. The van der Waals surface area contributed by atoms with Crippen LogP contribution in [0.4, 0.5) is 10.1 Å². The van der Waals surface area contributed by atoms with Crippen LogP contribution in [0.3, 0.4) is 0 Å². The Morgan fingerprint density at radius 2 is 2.18 bits per heavy atom. The van der Waals surface area contributed by atoms with Crippen LogP contribution in [-0.4, -0.2) is 15.0 Å². The van der Waals surface area contributed by atoms with Crippen molar-refractivity contribution < 1.29 is 12.8 Å². The summed E-state index contributed by atoms with van der Waals surface area (Å²) in [5.41, 5.74) is 5.57. The second kappa shape index (κ2) is 5.29. The van der Waals surface area contributed by atoms with Gasteiger partial charge in [0.1, 0.15) is 5.82 Å². The molecular formula is C11H15FN2O2S. The molecule has 0 saturated heterocycles. The van der Waals surface area contributed by atoms with E-state index in [0.717, 1.165) is 6.07 Å². The highest BCUT2D eigenvalue weighted by atomic mass is 32.2. The molecule has 0 aromatic heterocycles. The fourth-order valence-corrected chi connectivity index (χ4v) is 2.66. The molecule has 1 aromatic rings. The van der Waals surface area contributed by atoms with Gasteiger partial charge < -0.3 is 5.73 Å². The quantitative estimate of drug-likeness (QED) is 0.478. The van der Waals surface area contributed by atoms with Gasteiger partial charge in [0.15, 0.2) is 0 Å². The van der Waals surface area contributed by atoms with Crippen LogP contribution in [-0.2, 0) is 10.0 Å². The molecule has 0 aliphatic carbocycles. The third-order valence-corrected chi connectivity index (χ3v) is 3.84. The molecular weight excluding hydrogens is 243 g/mol. The van der Waals surface area contributed by atoms with Crippen molar-refractivity contribution in [3.05, 3.63) is 36.2 Å². The van der Waals surface area contributed by atoms with E-state index in [2.05, 4.69) is 11.3 Å². The van der Waals surface area contributed by atoms with Crippen LogP contribution in [0.1, 0.15) is 12.0 Å². The van der Waals surface area contributed by atoms with Gasteiger partial charge in [-0.15, -0.1) is 6.58 Å². The summed E-state index contributed by atoms with van der Waals surface area (Å²) in [7, 11) is -3.73. The fourth-order valence-electron chi connectivity index (χ4n) is 1.33. The van der Waals surface area contributed by atoms with Crippen LogP contribution in [0, 0.1) is 12.7 Å². The highest BCUT2D eigenvalue weighted by molar-refractivity contribution is 7.89. The average Bonchev–Trinajstić information content (AvgIpc) is 2.23. The normalized spacial score (nSPS) is 11.4. The molecule has 3 N–H and O–H groups in total. The Labute approximate surface area is 100 Å². The molecule has 0 atom stereocenters. The van der Waals surface area contributed by atoms with Crippen LogP contribution in [0.5, 0.6) is 0 Å². The first-order valence-corrected chi connectivity index (χ1v) is 6.53.